The van der Waals surface area contributed by atoms with Crippen LogP contribution in [0.15, 0.2) is 30.3 Å². The standard InChI is InChI=1S/C18H20F3NO4/c19-18(20,21)14-11-22(10-13(14)15(23)24)16(25)17(6-8-26-9-7-17)12-4-2-1-3-5-12/h1-5,13-14H,6-11H2,(H,23,24)/t13-,14-/m1/s1. The number of alkyl halides is 3. The average Bonchev–Trinajstić information content (AvgIpc) is 3.08. The summed E-state index contributed by atoms with van der Waals surface area (Å²) in [5.41, 5.74) is -0.237. The second-order valence-electron chi connectivity index (χ2n) is 6.86. The molecule has 1 aromatic carbocycles. The minimum atomic E-state index is -4.66. The van der Waals surface area contributed by atoms with Crippen LogP contribution in [0.1, 0.15) is 18.4 Å². The van der Waals surface area contributed by atoms with Gasteiger partial charge in [-0.2, -0.15) is 13.2 Å². The quantitative estimate of drug-likeness (QED) is 0.886. The van der Waals surface area contributed by atoms with E-state index in [4.69, 9.17) is 4.74 Å². The zero-order valence-electron chi connectivity index (χ0n) is 14.0. The summed E-state index contributed by atoms with van der Waals surface area (Å²) in [7, 11) is 0. The van der Waals surface area contributed by atoms with Crippen LogP contribution in [0.3, 0.4) is 0 Å². The maximum absolute atomic E-state index is 13.3. The van der Waals surface area contributed by atoms with Gasteiger partial charge in [-0.3, -0.25) is 9.59 Å². The second kappa shape index (κ2) is 6.90. The number of halogens is 3. The van der Waals surface area contributed by atoms with Gasteiger partial charge in [-0.25, -0.2) is 0 Å². The summed E-state index contributed by atoms with van der Waals surface area (Å²) in [6.45, 7) is -0.373. The van der Waals surface area contributed by atoms with Gasteiger partial charge in [0.25, 0.3) is 0 Å². The molecule has 0 aromatic heterocycles. The van der Waals surface area contributed by atoms with Crippen molar-refractivity contribution >= 4 is 11.9 Å². The van der Waals surface area contributed by atoms with Crippen molar-refractivity contribution in [3.8, 4) is 0 Å². The Balaban J connectivity index is 1.92. The monoisotopic (exact) mass is 371 g/mol. The summed E-state index contributed by atoms with van der Waals surface area (Å²) in [6.07, 6.45) is -3.94. The molecule has 0 unspecified atom stereocenters. The first-order valence-electron chi connectivity index (χ1n) is 8.48. The first kappa shape index (κ1) is 18.7. The van der Waals surface area contributed by atoms with Crippen molar-refractivity contribution in [2.75, 3.05) is 26.3 Å². The number of ether oxygens (including phenoxy) is 1. The van der Waals surface area contributed by atoms with Crippen LogP contribution in [0.4, 0.5) is 13.2 Å². The molecule has 0 bridgehead atoms. The van der Waals surface area contributed by atoms with Gasteiger partial charge >= 0.3 is 12.1 Å². The second-order valence-corrected chi connectivity index (χ2v) is 6.86. The molecule has 2 fully saturated rings. The molecule has 2 saturated heterocycles. The minimum absolute atomic E-state index is 0.333. The van der Waals surface area contributed by atoms with Crippen LogP contribution in [-0.2, 0) is 19.7 Å². The van der Waals surface area contributed by atoms with Gasteiger partial charge in [0.15, 0.2) is 0 Å². The van der Waals surface area contributed by atoms with Crippen LogP contribution in [0, 0.1) is 11.8 Å². The number of hydrogen-bond acceptors (Lipinski definition) is 3. The molecule has 1 aromatic rings. The summed E-state index contributed by atoms with van der Waals surface area (Å²) in [6, 6.07) is 8.94. The minimum Gasteiger partial charge on any atom is -0.481 e. The third-order valence-corrected chi connectivity index (χ3v) is 5.43. The number of likely N-dealkylation sites (tertiary alicyclic amines) is 1. The van der Waals surface area contributed by atoms with Crippen molar-refractivity contribution in [1.82, 2.24) is 4.90 Å². The molecule has 5 nitrogen and oxygen atoms in total. The summed E-state index contributed by atoms with van der Waals surface area (Å²) in [5.74, 6) is -5.64. The molecule has 0 aliphatic carbocycles. The molecule has 1 amide bonds. The number of hydrogen-bond donors (Lipinski definition) is 1. The van der Waals surface area contributed by atoms with Crippen molar-refractivity contribution < 1.29 is 32.6 Å². The third-order valence-electron chi connectivity index (χ3n) is 5.43. The Hall–Kier alpha value is -2.09. The average molecular weight is 371 g/mol. The smallest absolute Gasteiger partial charge is 0.394 e. The number of carboxylic acid groups (broad SMARTS) is 1. The highest BCUT2D eigenvalue weighted by molar-refractivity contribution is 5.89. The van der Waals surface area contributed by atoms with Gasteiger partial charge in [0.1, 0.15) is 0 Å². The number of amides is 1. The number of benzene rings is 1. The molecule has 0 saturated carbocycles. The maximum Gasteiger partial charge on any atom is 0.394 e. The zero-order valence-corrected chi connectivity index (χ0v) is 14.0. The molecule has 0 spiro atoms. The SMILES string of the molecule is O=C(O)[C@@H]1CN(C(=O)C2(c3ccccc3)CCOCC2)C[C@H]1C(F)(F)F. The fourth-order valence-electron chi connectivity index (χ4n) is 3.96. The molecule has 2 atom stereocenters. The number of carbonyl (C=O) groups is 2. The largest absolute Gasteiger partial charge is 0.481 e. The summed E-state index contributed by atoms with van der Waals surface area (Å²) < 4.78 is 45.1. The van der Waals surface area contributed by atoms with E-state index in [2.05, 4.69) is 0 Å². The van der Waals surface area contributed by atoms with Crippen LogP contribution in [0.25, 0.3) is 0 Å². The molecule has 2 heterocycles. The van der Waals surface area contributed by atoms with E-state index in [1.165, 1.54) is 0 Å². The summed E-state index contributed by atoms with van der Waals surface area (Å²) in [5, 5.41) is 9.18. The number of nitrogens with zero attached hydrogens (tertiary/aromatic N) is 1. The highest BCUT2D eigenvalue weighted by Crippen LogP contribution is 2.42. The molecule has 0 radical (unpaired) electrons. The fraction of sp³-hybridized carbons (Fsp3) is 0.556. The lowest BCUT2D eigenvalue weighted by Crippen LogP contribution is -2.49. The molecule has 2 aliphatic heterocycles. The van der Waals surface area contributed by atoms with E-state index in [0.29, 0.717) is 26.1 Å². The number of rotatable bonds is 3. The van der Waals surface area contributed by atoms with Gasteiger partial charge < -0.3 is 14.7 Å². The first-order chi connectivity index (χ1) is 12.3. The Kier molecular flexibility index (Phi) is 4.96. The van der Waals surface area contributed by atoms with E-state index >= 15 is 0 Å². The lowest BCUT2D eigenvalue weighted by atomic mass is 9.73. The Morgan fingerprint density at radius 2 is 1.73 bits per heavy atom. The summed E-state index contributed by atoms with van der Waals surface area (Å²) in [4.78, 5) is 25.6. The molecule has 8 heteroatoms. The van der Waals surface area contributed by atoms with Crippen molar-refractivity contribution in [3.05, 3.63) is 35.9 Å². The lowest BCUT2D eigenvalue weighted by molar-refractivity contribution is -0.188. The van der Waals surface area contributed by atoms with Gasteiger partial charge in [-0.05, 0) is 18.4 Å². The first-order valence-corrected chi connectivity index (χ1v) is 8.48. The van der Waals surface area contributed by atoms with Crippen LogP contribution in [-0.4, -0.2) is 54.4 Å². The Labute approximate surface area is 148 Å². The zero-order chi connectivity index (χ0) is 18.9. The van der Waals surface area contributed by atoms with E-state index in [-0.39, 0.29) is 0 Å². The molecular weight excluding hydrogens is 351 g/mol. The highest BCUT2D eigenvalue weighted by atomic mass is 19.4. The molecule has 3 rings (SSSR count). The van der Waals surface area contributed by atoms with Gasteiger partial charge in [-0.1, -0.05) is 30.3 Å². The normalized spacial score (nSPS) is 25.9. The van der Waals surface area contributed by atoms with Crippen LogP contribution in [0.5, 0.6) is 0 Å². The Bertz CT molecular complexity index is 671. The maximum atomic E-state index is 13.3. The van der Waals surface area contributed by atoms with Crippen molar-refractivity contribution in [3.63, 3.8) is 0 Å². The number of aliphatic carboxylic acids is 1. The predicted octanol–water partition coefficient (Wildman–Crippen LogP) is 2.46. The third kappa shape index (κ3) is 3.30. The lowest BCUT2D eigenvalue weighted by Gasteiger charge is -2.39. The van der Waals surface area contributed by atoms with E-state index in [9.17, 15) is 27.9 Å². The number of carboxylic acids is 1. The van der Waals surface area contributed by atoms with Crippen molar-refractivity contribution in [2.24, 2.45) is 11.8 Å². The number of carbonyl (C=O) groups excluding carboxylic acids is 1. The van der Waals surface area contributed by atoms with E-state index in [1.807, 2.05) is 0 Å². The Morgan fingerprint density at radius 1 is 1.12 bits per heavy atom. The van der Waals surface area contributed by atoms with Gasteiger partial charge in [-0.15, -0.1) is 0 Å². The van der Waals surface area contributed by atoms with E-state index in [0.717, 1.165) is 10.5 Å². The van der Waals surface area contributed by atoms with Crippen molar-refractivity contribution in [2.45, 2.75) is 24.4 Å². The van der Waals surface area contributed by atoms with Crippen LogP contribution in [0.2, 0.25) is 0 Å². The van der Waals surface area contributed by atoms with Crippen LogP contribution >= 0.6 is 0 Å². The molecule has 2 aliphatic rings. The Morgan fingerprint density at radius 3 is 2.23 bits per heavy atom. The van der Waals surface area contributed by atoms with Gasteiger partial charge in [0.2, 0.25) is 5.91 Å². The van der Waals surface area contributed by atoms with Crippen molar-refractivity contribution in [1.29, 1.82) is 0 Å². The highest BCUT2D eigenvalue weighted by Gasteiger charge is 2.56. The molecule has 1 N–H and O–H groups in total. The molecule has 142 valence electrons. The summed E-state index contributed by atoms with van der Waals surface area (Å²) >= 11 is 0. The fourth-order valence-corrected chi connectivity index (χ4v) is 3.96. The van der Waals surface area contributed by atoms with E-state index < -0.39 is 48.4 Å². The van der Waals surface area contributed by atoms with Crippen LogP contribution < -0.4 is 0 Å². The molecular formula is C18H20F3NO4. The van der Waals surface area contributed by atoms with Gasteiger partial charge in [0.05, 0.1) is 17.3 Å². The van der Waals surface area contributed by atoms with Gasteiger partial charge in [0, 0.05) is 26.3 Å². The topological polar surface area (TPSA) is 66.8 Å². The predicted molar refractivity (Wildman–Crippen MR) is 85.4 cm³/mol. The molecule has 26 heavy (non-hydrogen) atoms. The van der Waals surface area contributed by atoms with E-state index in [1.54, 1.807) is 30.3 Å².